The first kappa shape index (κ1) is 22.8. The van der Waals surface area contributed by atoms with Crippen LogP contribution in [0.25, 0.3) is 0 Å². The fourth-order valence-electron chi connectivity index (χ4n) is 3.79. The van der Waals surface area contributed by atoms with Crippen LogP contribution < -0.4 is 5.32 Å². The Balaban J connectivity index is 1.58. The van der Waals surface area contributed by atoms with Crippen molar-refractivity contribution >= 4 is 44.6 Å². The van der Waals surface area contributed by atoms with Gasteiger partial charge >= 0.3 is 0 Å². The molecule has 0 bridgehead atoms. The molecule has 1 fully saturated rings. The second-order valence-electron chi connectivity index (χ2n) is 7.88. The second kappa shape index (κ2) is 8.90. The zero-order valence-electron chi connectivity index (χ0n) is 17.9. The molecule has 1 atom stereocenters. The van der Waals surface area contributed by atoms with Crippen LogP contribution in [0.3, 0.4) is 0 Å². The van der Waals surface area contributed by atoms with Crippen LogP contribution in [0.1, 0.15) is 50.4 Å². The van der Waals surface area contributed by atoms with Gasteiger partial charge in [0.2, 0.25) is 15.0 Å². The fraction of sp³-hybridized carbons (Fsp3) is 0.318. The van der Waals surface area contributed by atoms with Crippen LogP contribution in [-0.2, 0) is 10.0 Å². The predicted octanol–water partition coefficient (Wildman–Crippen LogP) is 4.89. The lowest BCUT2D eigenvalue weighted by atomic mass is 10.1. The van der Waals surface area contributed by atoms with E-state index in [2.05, 4.69) is 15.5 Å². The minimum absolute atomic E-state index is 0.182. The molecule has 10 heteroatoms. The molecule has 1 aliphatic heterocycles. The van der Waals surface area contributed by atoms with Crippen LogP contribution in [0.5, 0.6) is 0 Å². The zero-order valence-corrected chi connectivity index (χ0v) is 20.3. The number of benzene rings is 2. The summed E-state index contributed by atoms with van der Waals surface area (Å²) in [6, 6.07) is 9.95. The summed E-state index contributed by atoms with van der Waals surface area (Å²) in [5, 5.41) is 12.2. The van der Waals surface area contributed by atoms with Crippen molar-refractivity contribution in [3.63, 3.8) is 0 Å². The molecule has 32 heavy (non-hydrogen) atoms. The van der Waals surface area contributed by atoms with Crippen LogP contribution >= 0.6 is 22.9 Å². The number of halogens is 1. The molecule has 0 spiro atoms. The highest BCUT2D eigenvalue weighted by atomic mass is 35.5. The average Bonchev–Trinajstić information content (AvgIpc) is 3.42. The standard InChI is InChI=1S/C22H23ClN4O3S2/c1-13-11-15(3)19(12-14(13)2)32(29,30)27-10-4-5-18(27)21-25-26-22(31-21)20(28)24-17-8-6-16(23)7-9-17/h6-9,11-12,18H,4-5,10H2,1-3H3,(H,24,28). The molecule has 2 heterocycles. The third kappa shape index (κ3) is 4.43. The number of rotatable bonds is 5. The Morgan fingerprint density at radius 3 is 2.50 bits per heavy atom. The van der Waals surface area contributed by atoms with E-state index in [1.165, 1.54) is 4.31 Å². The van der Waals surface area contributed by atoms with E-state index in [9.17, 15) is 13.2 Å². The van der Waals surface area contributed by atoms with Crippen LogP contribution in [-0.4, -0.2) is 35.4 Å². The molecule has 7 nitrogen and oxygen atoms in total. The predicted molar refractivity (Wildman–Crippen MR) is 126 cm³/mol. The number of carbonyl (C=O) groups is 1. The number of aromatic nitrogens is 2. The lowest BCUT2D eigenvalue weighted by molar-refractivity contribution is 0.102. The summed E-state index contributed by atoms with van der Waals surface area (Å²) in [6.45, 7) is 6.10. The highest BCUT2D eigenvalue weighted by Crippen LogP contribution is 2.38. The van der Waals surface area contributed by atoms with Crippen molar-refractivity contribution in [2.45, 2.75) is 44.6 Å². The van der Waals surface area contributed by atoms with Crippen molar-refractivity contribution in [3.05, 3.63) is 68.1 Å². The summed E-state index contributed by atoms with van der Waals surface area (Å²) in [4.78, 5) is 12.9. The molecule has 0 saturated carbocycles. The van der Waals surface area contributed by atoms with Gasteiger partial charge in [-0.15, -0.1) is 10.2 Å². The quantitative estimate of drug-likeness (QED) is 0.549. The zero-order chi connectivity index (χ0) is 23.0. The Morgan fingerprint density at radius 1 is 1.09 bits per heavy atom. The number of amides is 1. The molecule has 4 rings (SSSR count). The van der Waals surface area contributed by atoms with Gasteiger partial charge in [-0.3, -0.25) is 4.79 Å². The van der Waals surface area contributed by atoms with Crippen LogP contribution in [0.2, 0.25) is 5.02 Å². The summed E-state index contributed by atoms with van der Waals surface area (Å²) in [5.41, 5.74) is 3.30. The molecule has 1 aromatic heterocycles. The maximum absolute atomic E-state index is 13.5. The molecule has 1 aliphatic rings. The van der Waals surface area contributed by atoms with E-state index in [0.717, 1.165) is 34.4 Å². The van der Waals surface area contributed by atoms with Gasteiger partial charge in [-0.25, -0.2) is 8.42 Å². The third-order valence-corrected chi connectivity index (χ3v) is 8.93. The van der Waals surface area contributed by atoms with Crippen molar-refractivity contribution < 1.29 is 13.2 Å². The molecule has 0 radical (unpaired) electrons. The van der Waals surface area contributed by atoms with Gasteiger partial charge in [0.05, 0.1) is 10.9 Å². The van der Waals surface area contributed by atoms with E-state index >= 15 is 0 Å². The fourth-order valence-corrected chi connectivity index (χ4v) is 6.82. The molecule has 3 aromatic rings. The summed E-state index contributed by atoms with van der Waals surface area (Å²) in [6.07, 6.45) is 1.36. The SMILES string of the molecule is Cc1cc(C)c(S(=O)(=O)N2CCCC2c2nnc(C(=O)Nc3ccc(Cl)cc3)s2)cc1C. The molecular formula is C22H23ClN4O3S2. The number of hydrogen-bond acceptors (Lipinski definition) is 6. The number of nitrogens with zero attached hydrogens (tertiary/aromatic N) is 3. The number of carbonyl (C=O) groups excluding carboxylic acids is 1. The van der Waals surface area contributed by atoms with Crippen molar-refractivity contribution in [2.24, 2.45) is 0 Å². The lowest BCUT2D eigenvalue weighted by Gasteiger charge is -2.23. The normalized spacial score (nSPS) is 16.9. The summed E-state index contributed by atoms with van der Waals surface area (Å²) in [5.74, 6) is -0.395. The van der Waals surface area contributed by atoms with Gasteiger partial charge in [0.15, 0.2) is 0 Å². The summed E-state index contributed by atoms with van der Waals surface area (Å²) in [7, 11) is -3.71. The van der Waals surface area contributed by atoms with Gasteiger partial charge in [-0.1, -0.05) is 29.0 Å². The minimum Gasteiger partial charge on any atom is -0.320 e. The van der Waals surface area contributed by atoms with Gasteiger partial charge in [-0.2, -0.15) is 4.31 Å². The van der Waals surface area contributed by atoms with Crippen molar-refractivity contribution in [2.75, 3.05) is 11.9 Å². The second-order valence-corrected chi connectivity index (χ2v) is 11.2. The number of hydrogen-bond donors (Lipinski definition) is 1. The Bertz CT molecular complexity index is 1270. The van der Waals surface area contributed by atoms with Gasteiger partial charge in [-0.05, 0) is 80.6 Å². The van der Waals surface area contributed by atoms with E-state index in [1.807, 2.05) is 26.8 Å². The lowest BCUT2D eigenvalue weighted by Crippen LogP contribution is -2.31. The topological polar surface area (TPSA) is 92.3 Å². The monoisotopic (exact) mass is 490 g/mol. The molecule has 1 N–H and O–H groups in total. The third-order valence-electron chi connectivity index (χ3n) is 5.60. The molecule has 2 aromatic carbocycles. The first-order valence-electron chi connectivity index (χ1n) is 10.2. The number of sulfonamides is 1. The molecular weight excluding hydrogens is 468 g/mol. The van der Waals surface area contributed by atoms with Crippen molar-refractivity contribution in [1.82, 2.24) is 14.5 Å². The Hall–Kier alpha value is -2.33. The highest BCUT2D eigenvalue weighted by Gasteiger charge is 2.39. The molecule has 0 aliphatic carbocycles. The first-order chi connectivity index (χ1) is 15.2. The maximum atomic E-state index is 13.5. The largest absolute Gasteiger partial charge is 0.320 e. The Morgan fingerprint density at radius 2 is 1.78 bits per heavy atom. The molecule has 1 unspecified atom stereocenters. The molecule has 168 valence electrons. The van der Waals surface area contributed by atoms with Gasteiger partial charge in [0.1, 0.15) is 5.01 Å². The summed E-state index contributed by atoms with van der Waals surface area (Å²) < 4.78 is 28.5. The van der Waals surface area contributed by atoms with E-state index < -0.39 is 22.0 Å². The van der Waals surface area contributed by atoms with E-state index in [1.54, 1.807) is 30.3 Å². The first-order valence-corrected chi connectivity index (χ1v) is 12.8. The molecule has 1 amide bonds. The van der Waals surface area contributed by atoms with Gasteiger partial charge in [0, 0.05) is 17.3 Å². The van der Waals surface area contributed by atoms with Crippen LogP contribution in [0.4, 0.5) is 5.69 Å². The minimum atomic E-state index is -3.71. The molecule has 1 saturated heterocycles. The van der Waals surface area contributed by atoms with Crippen LogP contribution in [0, 0.1) is 20.8 Å². The van der Waals surface area contributed by atoms with E-state index in [0.29, 0.717) is 33.6 Å². The maximum Gasteiger partial charge on any atom is 0.286 e. The van der Waals surface area contributed by atoms with E-state index in [4.69, 9.17) is 11.6 Å². The Labute approximate surface area is 196 Å². The van der Waals surface area contributed by atoms with E-state index in [-0.39, 0.29) is 5.01 Å². The van der Waals surface area contributed by atoms with Gasteiger partial charge in [0.25, 0.3) is 5.91 Å². The van der Waals surface area contributed by atoms with Crippen LogP contribution in [0.15, 0.2) is 41.3 Å². The highest BCUT2D eigenvalue weighted by molar-refractivity contribution is 7.89. The summed E-state index contributed by atoms with van der Waals surface area (Å²) >= 11 is 6.99. The number of nitrogens with one attached hydrogen (secondary N) is 1. The van der Waals surface area contributed by atoms with Crippen molar-refractivity contribution in [1.29, 1.82) is 0 Å². The Kier molecular flexibility index (Phi) is 6.35. The smallest absolute Gasteiger partial charge is 0.286 e. The van der Waals surface area contributed by atoms with Gasteiger partial charge < -0.3 is 5.32 Å². The average molecular weight is 491 g/mol. The van der Waals surface area contributed by atoms with Crippen molar-refractivity contribution in [3.8, 4) is 0 Å². The number of anilines is 1. The number of aryl methyl sites for hydroxylation is 3.